The number of ether oxygens (including phenoxy) is 3. The number of allylic oxidation sites excluding steroid dienone is 2. The Balaban J connectivity index is 1.25. The zero-order valence-electron chi connectivity index (χ0n) is 21.6. The Morgan fingerprint density at radius 1 is 1.28 bits per heavy atom. The summed E-state index contributed by atoms with van der Waals surface area (Å²) in [7, 11) is 1.51. The number of benzene rings is 1. The lowest BCUT2D eigenvalue weighted by atomic mass is 10.0. The second-order valence-corrected chi connectivity index (χ2v) is 9.92. The van der Waals surface area contributed by atoms with E-state index in [0.29, 0.717) is 54.9 Å². The normalized spacial score (nSPS) is 21.9. The Kier molecular flexibility index (Phi) is 10.2. The molecule has 39 heavy (non-hydrogen) atoms. The Morgan fingerprint density at radius 2 is 2.15 bits per heavy atom. The van der Waals surface area contributed by atoms with Crippen molar-refractivity contribution in [1.29, 1.82) is 0 Å². The van der Waals surface area contributed by atoms with Crippen LogP contribution in [0.25, 0.3) is 0 Å². The third kappa shape index (κ3) is 8.18. The van der Waals surface area contributed by atoms with E-state index in [1.807, 2.05) is 22.9 Å². The number of amides is 3. The van der Waals surface area contributed by atoms with Gasteiger partial charge >= 0.3 is 6.03 Å². The summed E-state index contributed by atoms with van der Waals surface area (Å²) in [5.74, 6) is -0.463. The molecule has 3 N–H and O–H groups in total. The van der Waals surface area contributed by atoms with Crippen LogP contribution in [0.15, 0.2) is 53.7 Å². The van der Waals surface area contributed by atoms with Crippen molar-refractivity contribution in [3.05, 3.63) is 64.4 Å². The highest BCUT2D eigenvalue weighted by Gasteiger charge is 2.45. The van der Waals surface area contributed by atoms with Crippen LogP contribution in [0.3, 0.4) is 0 Å². The number of carbonyl (C=O) groups is 2. The number of aromatic nitrogens is 2. The Bertz CT molecular complexity index is 1210. The van der Waals surface area contributed by atoms with Gasteiger partial charge in [0.05, 0.1) is 43.4 Å². The number of carbonyl (C=O) groups excluding carboxylic acids is 2. The topological polar surface area (TPSA) is 128 Å². The highest BCUT2D eigenvalue weighted by atomic mass is 35.5. The summed E-state index contributed by atoms with van der Waals surface area (Å²) in [6.45, 7) is 1.84. The second-order valence-electron chi connectivity index (χ2n) is 9.08. The van der Waals surface area contributed by atoms with Gasteiger partial charge in [0.2, 0.25) is 11.7 Å². The zero-order chi connectivity index (χ0) is 27.7. The molecular formula is C26H32Cl2N6O5. The molecule has 13 heteroatoms. The number of nitrogens with one attached hydrogen (secondary N) is 3. The van der Waals surface area contributed by atoms with E-state index < -0.39 is 11.8 Å². The summed E-state index contributed by atoms with van der Waals surface area (Å²) >= 11 is 12.6. The van der Waals surface area contributed by atoms with E-state index in [1.54, 1.807) is 24.7 Å². The number of urea groups is 1. The molecule has 1 fully saturated rings. The molecule has 4 rings (SSSR count). The number of rotatable bonds is 11. The molecule has 1 aromatic heterocycles. The predicted octanol–water partition coefficient (Wildman–Crippen LogP) is 3.03. The summed E-state index contributed by atoms with van der Waals surface area (Å²) in [5.41, 5.74) is 1.74. The number of halogens is 2. The Labute approximate surface area is 236 Å². The predicted molar refractivity (Wildman–Crippen MR) is 147 cm³/mol. The van der Waals surface area contributed by atoms with Crippen LogP contribution >= 0.6 is 23.2 Å². The summed E-state index contributed by atoms with van der Waals surface area (Å²) < 4.78 is 20.6. The largest absolute Gasteiger partial charge is 0.495 e. The van der Waals surface area contributed by atoms with Crippen molar-refractivity contribution in [2.24, 2.45) is 4.99 Å². The molecule has 0 saturated carbocycles. The van der Waals surface area contributed by atoms with Gasteiger partial charge in [-0.15, -0.1) is 0 Å². The quantitative estimate of drug-likeness (QED) is 0.351. The van der Waals surface area contributed by atoms with Crippen LogP contribution in [0, 0.1) is 0 Å². The van der Waals surface area contributed by atoms with E-state index in [1.165, 1.54) is 7.05 Å². The van der Waals surface area contributed by atoms with Crippen LogP contribution in [0.4, 0.5) is 4.79 Å². The number of hydrogen-bond acceptors (Lipinski definition) is 7. The number of hydrogen-bond donors (Lipinski definition) is 3. The van der Waals surface area contributed by atoms with Crippen molar-refractivity contribution in [1.82, 2.24) is 25.5 Å². The molecule has 1 saturated heterocycles. The van der Waals surface area contributed by atoms with E-state index in [9.17, 15) is 9.59 Å². The second kappa shape index (κ2) is 13.8. The zero-order valence-corrected chi connectivity index (χ0v) is 23.1. The standard InChI is InChI=1S/C26H32Cl2N6O5/c1-29-24(35)13-33-25(36)32-9-8-31-19-3-5-20(6-4-19)37-14-21-15-38-26(39-21,16-34-11-10-30-17-34)22-7-2-18(27)12-23(22)28/h2,5,7,10-12,17,21H,3-4,6,8-9,13-16H2,1H3,(H,29,35)(H2,32,33,36). The first-order valence-corrected chi connectivity index (χ1v) is 13.4. The van der Waals surface area contributed by atoms with Gasteiger partial charge in [0.15, 0.2) is 0 Å². The first-order chi connectivity index (χ1) is 18.9. The summed E-state index contributed by atoms with van der Waals surface area (Å²) in [4.78, 5) is 31.5. The molecule has 2 heterocycles. The third-order valence-corrected chi connectivity index (χ3v) is 6.80. The average molecular weight is 579 g/mol. The molecule has 0 spiro atoms. The molecule has 3 amide bonds. The van der Waals surface area contributed by atoms with Crippen molar-refractivity contribution < 1.29 is 23.8 Å². The molecule has 1 aliphatic carbocycles. The number of likely N-dealkylation sites (N-methyl/N-ethyl adjacent to an activating group) is 1. The van der Waals surface area contributed by atoms with Crippen LogP contribution in [-0.2, 0) is 31.3 Å². The van der Waals surface area contributed by atoms with Crippen LogP contribution < -0.4 is 16.0 Å². The average Bonchev–Trinajstić information content (AvgIpc) is 3.59. The molecule has 0 bridgehead atoms. The fourth-order valence-electron chi connectivity index (χ4n) is 4.25. The van der Waals surface area contributed by atoms with Gasteiger partial charge in [-0.3, -0.25) is 9.79 Å². The lowest BCUT2D eigenvalue weighted by Gasteiger charge is -2.30. The van der Waals surface area contributed by atoms with Crippen molar-refractivity contribution in [3.8, 4) is 0 Å². The van der Waals surface area contributed by atoms with Gasteiger partial charge in [-0.2, -0.15) is 0 Å². The fraction of sp³-hybridized carbons (Fsp3) is 0.462. The van der Waals surface area contributed by atoms with Crippen LogP contribution in [0.5, 0.6) is 0 Å². The molecule has 1 aliphatic heterocycles. The molecular weight excluding hydrogens is 547 g/mol. The monoisotopic (exact) mass is 578 g/mol. The molecule has 2 atom stereocenters. The van der Waals surface area contributed by atoms with Gasteiger partial charge in [0.1, 0.15) is 12.7 Å². The highest BCUT2D eigenvalue weighted by Crippen LogP contribution is 2.40. The molecule has 1 aromatic carbocycles. The summed E-state index contributed by atoms with van der Waals surface area (Å²) in [5, 5.41) is 8.58. The molecule has 2 aliphatic rings. The van der Waals surface area contributed by atoms with Crippen molar-refractivity contribution in [3.63, 3.8) is 0 Å². The first-order valence-electron chi connectivity index (χ1n) is 12.7. The molecule has 0 radical (unpaired) electrons. The van der Waals surface area contributed by atoms with E-state index in [-0.39, 0.29) is 18.6 Å². The van der Waals surface area contributed by atoms with Crippen LogP contribution in [0.2, 0.25) is 10.0 Å². The lowest BCUT2D eigenvalue weighted by molar-refractivity contribution is -0.190. The van der Waals surface area contributed by atoms with Gasteiger partial charge < -0.3 is 34.7 Å². The summed E-state index contributed by atoms with van der Waals surface area (Å²) in [6.07, 6.45) is 9.16. The van der Waals surface area contributed by atoms with E-state index in [4.69, 9.17) is 37.4 Å². The van der Waals surface area contributed by atoms with Crippen molar-refractivity contribution in [2.75, 3.05) is 39.9 Å². The number of aliphatic imine (C=N–C) groups is 1. The van der Waals surface area contributed by atoms with Crippen molar-refractivity contribution >= 4 is 40.9 Å². The number of nitrogens with zero attached hydrogens (tertiary/aromatic N) is 3. The number of imidazole rings is 1. The van der Waals surface area contributed by atoms with E-state index in [2.05, 4.69) is 25.9 Å². The molecule has 11 nitrogen and oxygen atoms in total. The van der Waals surface area contributed by atoms with Crippen LogP contribution in [0.1, 0.15) is 24.8 Å². The maximum atomic E-state index is 11.7. The minimum Gasteiger partial charge on any atom is -0.495 e. The van der Waals surface area contributed by atoms with Gasteiger partial charge in [-0.25, -0.2) is 9.78 Å². The van der Waals surface area contributed by atoms with E-state index in [0.717, 1.165) is 24.3 Å². The minimum absolute atomic E-state index is 0.0666. The summed E-state index contributed by atoms with van der Waals surface area (Å²) in [6, 6.07) is 4.86. The van der Waals surface area contributed by atoms with Gasteiger partial charge in [-0.05, 0) is 24.6 Å². The van der Waals surface area contributed by atoms with Gasteiger partial charge in [0, 0.05) is 55.1 Å². The van der Waals surface area contributed by atoms with Crippen LogP contribution in [-0.4, -0.2) is 73.2 Å². The van der Waals surface area contributed by atoms with Gasteiger partial charge in [-0.1, -0.05) is 29.3 Å². The van der Waals surface area contributed by atoms with Crippen molar-refractivity contribution in [2.45, 2.75) is 37.7 Å². The van der Waals surface area contributed by atoms with E-state index >= 15 is 0 Å². The third-order valence-electron chi connectivity index (χ3n) is 6.25. The molecule has 2 aromatic rings. The minimum atomic E-state index is -1.09. The lowest BCUT2D eigenvalue weighted by Crippen LogP contribution is -2.42. The fourth-order valence-corrected chi connectivity index (χ4v) is 4.80. The Hall–Kier alpha value is -3.12. The first kappa shape index (κ1) is 28.9. The SMILES string of the molecule is CNC(=O)CNC(=O)NCCN=C1CC=C(OCC2COC(Cn3ccnc3)(c3ccc(Cl)cc3Cl)O2)CC1. The molecule has 2 unspecified atom stereocenters. The maximum absolute atomic E-state index is 11.7. The maximum Gasteiger partial charge on any atom is 0.315 e. The Morgan fingerprint density at radius 3 is 2.87 bits per heavy atom. The highest BCUT2D eigenvalue weighted by molar-refractivity contribution is 6.35. The smallest absolute Gasteiger partial charge is 0.315 e. The molecule has 210 valence electrons. The van der Waals surface area contributed by atoms with Gasteiger partial charge in [0.25, 0.3) is 0 Å².